The number of hydrogen-bond donors (Lipinski definition) is 0. The summed E-state index contributed by atoms with van der Waals surface area (Å²) in [4.78, 5) is 17.3. The van der Waals surface area contributed by atoms with Crippen molar-refractivity contribution in [3.63, 3.8) is 0 Å². The zero-order chi connectivity index (χ0) is 13.3. The molecule has 0 spiro atoms. The lowest BCUT2D eigenvalue weighted by Gasteiger charge is -2.26. The van der Waals surface area contributed by atoms with Crippen LogP contribution in [0.25, 0.3) is 0 Å². The van der Waals surface area contributed by atoms with Crippen LogP contribution in [0.4, 0.5) is 4.79 Å². The number of aryl methyl sites for hydroxylation is 1. The van der Waals surface area contributed by atoms with Gasteiger partial charge in [-0.15, -0.1) is 0 Å². The van der Waals surface area contributed by atoms with Crippen LogP contribution in [-0.4, -0.2) is 23.4 Å². The highest BCUT2D eigenvalue weighted by Gasteiger charge is 2.36. The second-order valence-corrected chi connectivity index (χ2v) is 5.47. The van der Waals surface area contributed by atoms with Gasteiger partial charge in [-0.1, -0.05) is 0 Å². The Kier molecular flexibility index (Phi) is 3.34. The second-order valence-electron chi connectivity index (χ2n) is 5.47. The Morgan fingerprint density at radius 2 is 2.22 bits per heavy atom. The number of ether oxygens (including phenoxy) is 1. The average Bonchev–Trinajstić information content (AvgIpc) is 2.81. The molecular weight excluding hydrogens is 234 g/mol. The van der Waals surface area contributed by atoms with E-state index in [4.69, 9.17) is 14.0 Å². The van der Waals surface area contributed by atoms with Crippen LogP contribution in [0.1, 0.15) is 44.6 Å². The standard InChI is InChI=1S/C13H19NO4/c1-9-7-11(16-8-9)10-5-6-17-14(10)12(15)18-13(2,3)4/h7-8,10H,5-6H2,1-4H3. The molecule has 1 atom stereocenters. The van der Waals surface area contributed by atoms with Crippen LogP contribution in [0, 0.1) is 6.92 Å². The van der Waals surface area contributed by atoms with Crippen molar-refractivity contribution < 1.29 is 18.8 Å². The molecule has 1 aliphatic heterocycles. The Hall–Kier alpha value is -1.49. The summed E-state index contributed by atoms with van der Waals surface area (Å²) >= 11 is 0. The van der Waals surface area contributed by atoms with Crippen molar-refractivity contribution in [2.75, 3.05) is 6.61 Å². The van der Waals surface area contributed by atoms with Crippen molar-refractivity contribution in [1.82, 2.24) is 5.06 Å². The molecule has 0 bridgehead atoms. The summed E-state index contributed by atoms with van der Waals surface area (Å²) < 4.78 is 10.7. The number of carbonyl (C=O) groups excluding carboxylic acids is 1. The molecule has 100 valence electrons. The molecule has 2 heterocycles. The molecule has 1 fully saturated rings. The van der Waals surface area contributed by atoms with E-state index in [9.17, 15) is 4.79 Å². The molecule has 1 amide bonds. The Morgan fingerprint density at radius 3 is 2.78 bits per heavy atom. The highest BCUT2D eigenvalue weighted by Crippen LogP contribution is 2.32. The van der Waals surface area contributed by atoms with Gasteiger partial charge in [0.05, 0.1) is 12.9 Å². The first-order valence-electron chi connectivity index (χ1n) is 6.07. The molecule has 1 aliphatic rings. The Balaban J connectivity index is 2.10. The third-order valence-corrected chi connectivity index (χ3v) is 2.56. The smallest absolute Gasteiger partial charge is 0.435 e. The minimum atomic E-state index is -0.535. The predicted octanol–water partition coefficient (Wildman–Crippen LogP) is 3.20. The maximum Gasteiger partial charge on any atom is 0.435 e. The lowest BCUT2D eigenvalue weighted by atomic mass is 10.1. The molecule has 1 unspecified atom stereocenters. The van der Waals surface area contributed by atoms with Gasteiger partial charge in [-0.05, 0) is 39.3 Å². The summed E-state index contributed by atoms with van der Waals surface area (Å²) in [7, 11) is 0. The highest BCUT2D eigenvalue weighted by molar-refractivity contribution is 5.67. The first-order valence-corrected chi connectivity index (χ1v) is 6.07. The molecular formula is C13H19NO4. The monoisotopic (exact) mass is 253 g/mol. The van der Waals surface area contributed by atoms with Crippen molar-refractivity contribution >= 4 is 6.09 Å². The number of carbonyl (C=O) groups is 1. The summed E-state index contributed by atoms with van der Waals surface area (Å²) in [6, 6.07) is 1.71. The number of hydrogen-bond acceptors (Lipinski definition) is 4. The molecule has 1 aromatic rings. The van der Waals surface area contributed by atoms with E-state index < -0.39 is 11.7 Å². The van der Waals surface area contributed by atoms with E-state index in [2.05, 4.69) is 0 Å². The topological polar surface area (TPSA) is 51.9 Å². The van der Waals surface area contributed by atoms with Crippen molar-refractivity contribution in [1.29, 1.82) is 0 Å². The largest absolute Gasteiger partial charge is 0.467 e. The van der Waals surface area contributed by atoms with Crippen LogP contribution < -0.4 is 0 Å². The molecule has 0 aromatic carbocycles. The normalized spacial score (nSPS) is 20.2. The molecule has 18 heavy (non-hydrogen) atoms. The summed E-state index contributed by atoms with van der Waals surface area (Å²) in [5, 5.41) is 1.27. The molecule has 0 N–H and O–H groups in total. The fourth-order valence-electron chi connectivity index (χ4n) is 1.84. The van der Waals surface area contributed by atoms with Gasteiger partial charge >= 0.3 is 6.09 Å². The third-order valence-electron chi connectivity index (χ3n) is 2.56. The van der Waals surface area contributed by atoms with Gasteiger partial charge < -0.3 is 9.15 Å². The van der Waals surface area contributed by atoms with Crippen LogP contribution in [0.2, 0.25) is 0 Å². The van der Waals surface area contributed by atoms with Crippen molar-refractivity contribution in [3.8, 4) is 0 Å². The van der Waals surface area contributed by atoms with Gasteiger partial charge in [0.25, 0.3) is 0 Å². The van der Waals surface area contributed by atoms with Gasteiger partial charge in [-0.3, -0.25) is 4.84 Å². The summed E-state index contributed by atoms with van der Waals surface area (Å²) in [6.07, 6.45) is 1.91. The van der Waals surface area contributed by atoms with E-state index in [0.717, 1.165) is 11.3 Å². The minimum absolute atomic E-state index is 0.200. The molecule has 0 saturated carbocycles. The lowest BCUT2D eigenvalue weighted by Crippen LogP contribution is -2.35. The SMILES string of the molecule is Cc1coc(C2CCON2C(=O)OC(C)(C)C)c1. The fourth-order valence-corrected chi connectivity index (χ4v) is 1.84. The first kappa shape index (κ1) is 13.0. The number of nitrogens with zero attached hydrogens (tertiary/aromatic N) is 1. The number of hydroxylamine groups is 2. The van der Waals surface area contributed by atoms with E-state index in [-0.39, 0.29) is 6.04 Å². The van der Waals surface area contributed by atoms with Crippen LogP contribution in [0.5, 0.6) is 0 Å². The number of amides is 1. The van der Waals surface area contributed by atoms with Gasteiger partial charge in [0.2, 0.25) is 0 Å². The highest BCUT2D eigenvalue weighted by atomic mass is 16.7. The molecule has 5 nitrogen and oxygen atoms in total. The average molecular weight is 253 g/mol. The van der Waals surface area contributed by atoms with Gasteiger partial charge in [-0.2, -0.15) is 5.06 Å². The Bertz CT molecular complexity index is 432. The van der Waals surface area contributed by atoms with Crippen molar-refractivity contribution in [3.05, 3.63) is 23.7 Å². The Labute approximate surface area is 107 Å². The second kappa shape index (κ2) is 4.65. The summed E-state index contributed by atoms with van der Waals surface area (Å²) in [6.45, 7) is 7.91. The quantitative estimate of drug-likeness (QED) is 0.771. The number of rotatable bonds is 1. The number of furan rings is 1. The van der Waals surface area contributed by atoms with Crippen LogP contribution in [0.15, 0.2) is 16.7 Å². The zero-order valence-electron chi connectivity index (χ0n) is 11.2. The van der Waals surface area contributed by atoms with E-state index in [1.54, 1.807) is 6.26 Å². The first-order chi connectivity index (χ1) is 8.37. The Morgan fingerprint density at radius 1 is 1.50 bits per heavy atom. The molecule has 5 heteroatoms. The molecule has 1 aromatic heterocycles. The van der Waals surface area contributed by atoms with Gasteiger partial charge in [-0.25, -0.2) is 4.79 Å². The molecule has 0 radical (unpaired) electrons. The van der Waals surface area contributed by atoms with E-state index in [0.29, 0.717) is 13.0 Å². The van der Waals surface area contributed by atoms with Gasteiger partial charge in [0, 0.05) is 6.42 Å². The minimum Gasteiger partial charge on any atom is -0.467 e. The summed E-state index contributed by atoms with van der Waals surface area (Å²) in [5.74, 6) is 0.732. The van der Waals surface area contributed by atoms with Crippen molar-refractivity contribution in [2.45, 2.75) is 45.8 Å². The van der Waals surface area contributed by atoms with Crippen LogP contribution in [-0.2, 0) is 9.57 Å². The zero-order valence-corrected chi connectivity index (χ0v) is 11.2. The molecule has 0 aliphatic carbocycles. The van der Waals surface area contributed by atoms with E-state index in [1.165, 1.54) is 5.06 Å². The van der Waals surface area contributed by atoms with Gasteiger partial charge in [0.15, 0.2) is 0 Å². The predicted molar refractivity (Wildman–Crippen MR) is 64.8 cm³/mol. The molecule has 2 rings (SSSR count). The van der Waals surface area contributed by atoms with Gasteiger partial charge in [0.1, 0.15) is 17.4 Å². The van der Waals surface area contributed by atoms with Crippen molar-refractivity contribution in [2.24, 2.45) is 0 Å². The van der Waals surface area contributed by atoms with Crippen LogP contribution in [0.3, 0.4) is 0 Å². The fraction of sp³-hybridized carbons (Fsp3) is 0.615. The van der Waals surface area contributed by atoms with E-state index >= 15 is 0 Å². The van der Waals surface area contributed by atoms with Crippen LogP contribution >= 0.6 is 0 Å². The summed E-state index contributed by atoms with van der Waals surface area (Å²) in [5.41, 5.74) is 0.494. The third kappa shape index (κ3) is 2.85. The molecule has 1 saturated heterocycles. The maximum absolute atomic E-state index is 12.0. The lowest BCUT2D eigenvalue weighted by molar-refractivity contribution is -0.127. The maximum atomic E-state index is 12.0. The van der Waals surface area contributed by atoms with E-state index in [1.807, 2.05) is 33.8 Å².